The van der Waals surface area contributed by atoms with Crippen LogP contribution in [0.4, 0.5) is 0 Å². The lowest BCUT2D eigenvalue weighted by Gasteiger charge is -2.14. The molecule has 1 aromatic rings. The maximum Gasteiger partial charge on any atom is 0.308 e. The van der Waals surface area contributed by atoms with E-state index in [-0.39, 0.29) is 11.5 Å². The van der Waals surface area contributed by atoms with Crippen molar-refractivity contribution in [1.82, 2.24) is 0 Å². The third kappa shape index (κ3) is 4.13. The molecule has 0 aliphatic heterocycles. The van der Waals surface area contributed by atoms with Crippen molar-refractivity contribution >= 4 is 11.9 Å². The van der Waals surface area contributed by atoms with Crippen LogP contribution in [0.5, 0.6) is 17.2 Å². The second kappa shape index (κ2) is 6.58. The SMILES string of the molecule is C=CCc1cc(OC)c(OC(C)=O)c(OC(C)=O)c1. The second-order valence-electron chi connectivity index (χ2n) is 3.81. The van der Waals surface area contributed by atoms with Gasteiger partial charge in [0.2, 0.25) is 5.75 Å². The maximum absolute atomic E-state index is 11.1. The Kier molecular flexibility index (Phi) is 5.11. The van der Waals surface area contributed by atoms with Crippen LogP contribution >= 0.6 is 0 Å². The number of carbonyl (C=O) groups excluding carboxylic acids is 2. The molecule has 0 aromatic heterocycles. The maximum atomic E-state index is 11.1. The van der Waals surface area contributed by atoms with E-state index in [2.05, 4.69) is 6.58 Å². The highest BCUT2D eigenvalue weighted by molar-refractivity contribution is 5.75. The molecule has 0 amide bonds. The molecule has 5 nitrogen and oxygen atoms in total. The fraction of sp³-hybridized carbons (Fsp3) is 0.286. The lowest BCUT2D eigenvalue weighted by Crippen LogP contribution is -2.09. The first-order valence-corrected chi connectivity index (χ1v) is 5.66. The third-order valence-electron chi connectivity index (χ3n) is 2.18. The number of carbonyl (C=O) groups is 2. The highest BCUT2D eigenvalue weighted by Gasteiger charge is 2.17. The van der Waals surface area contributed by atoms with E-state index in [1.807, 2.05) is 0 Å². The van der Waals surface area contributed by atoms with Crippen molar-refractivity contribution in [2.75, 3.05) is 7.11 Å². The Hall–Kier alpha value is -2.30. The molecule has 0 heterocycles. The average Bonchev–Trinajstić information content (AvgIpc) is 2.31. The zero-order valence-electron chi connectivity index (χ0n) is 11.2. The molecule has 0 fully saturated rings. The van der Waals surface area contributed by atoms with Gasteiger partial charge in [-0.1, -0.05) is 6.08 Å². The quantitative estimate of drug-likeness (QED) is 0.464. The van der Waals surface area contributed by atoms with E-state index in [0.29, 0.717) is 12.2 Å². The first-order chi connectivity index (χ1) is 8.97. The fourth-order valence-corrected chi connectivity index (χ4v) is 1.54. The Bertz CT molecular complexity index is 505. The van der Waals surface area contributed by atoms with Crippen molar-refractivity contribution in [2.24, 2.45) is 0 Å². The van der Waals surface area contributed by atoms with Crippen LogP contribution in [-0.2, 0) is 16.0 Å². The first-order valence-electron chi connectivity index (χ1n) is 5.66. The van der Waals surface area contributed by atoms with Gasteiger partial charge in [0.05, 0.1) is 7.11 Å². The molecule has 102 valence electrons. The normalized spacial score (nSPS) is 9.63. The Balaban J connectivity index is 3.32. The molecule has 0 aliphatic carbocycles. The van der Waals surface area contributed by atoms with E-state index >= 15 is 0 Å². The van der Waals surface area contributed by atoms with E-state index < -0.39 is 11.9 Å². The number of allylic oxidation sites excluding steroid dienone is 1. The van der Waals surface area contributed by atoms with Gasteiger partial charge in [0.1, 0.15) is 0 Å². The minimum Gasteiger partial charge on any atom is -0.493 e. The molecule has 0 bridgehead atoms. The summed E-state index contributed by atoms with van der Waals surface area (Å²) in [6.45, 7) is 6.17. The van der Waals surface area contributed by atoms with Crippen molar-refractivity contribution in [3.8, 4) is 17.2 Å². The lowest BCUT2D eigenvalue weighted by molar-refractivity contribution is -0.134. The molecule has 0 spiro atoms. The summed E-state index contributed by atoms with van der Waals surface area (Å²) in [5, 5.41) is 0. The molecule has 0 atom stereocenters. The summed E-state index contributed by atoms with van der Waals surface area (Å²) in [6.07, 6.45) is 2.28. The molecular formula is C14H16O5. The fourth-order valence-electron chi connectivity index (χ4n) is 1.54. The minimum absolute atomic E-state index is 0.0954. The zero-order chi connectivity index (χ0) is 14.4. The van der Waals surface area contributed by atoms with Gasteiger partial charge in [0.25, 0.3) is 0 Å². The highest BCUT2D eigenvalue weighted by atomic mass is 16.6. The average molecular weight is 264 g/mol. The van der Waals surface area contributed by atoms with Crippen LogP contribution in [0.2, 0.25) is 0 Å². The lowest BCUT2D eigenvalue weighted by atomic mass is 10.1. The highest BCUT2D eigenvalue weighted by Crippen LogP contribution is 2.39. The zero-order valence-corrected chi connectivity index (χ0v) is 11.2. The summed E-state index contributed by atoms with van der Waals surface area (Å²) in [7, 11) is 1.44. The van der Waals surface area contributed by atoms with Crippen LogP contribution in [0, 0.1) is 0 Å². The standard InChI is InChI=1S/C14H16O5/c1-5-6-11-7-12(17-4)14(19-10(3)16)13(8-11)18-9(2)15/h5,7-8H,1,6H2,2-4H3. The number of ether oxygens (including phenoxy) is 3. The van der Waals surface area contributed by atoms with Crippen LogP contribution in [0.3, 0.4) is 0 Å². The molecule has 0 N–H and O–H groups in total. The topological polar surface area (TPSA) is 61.8 Å². The summed E-state index contributed by atoms with van der Waals surface area (Å²) in [5.74, 6) is -0.461. The summed E-state index contributed by atoms with van der Waals surface area (Å²) >= 11 is 0. The van der Waals surface area contributed by atoms with Crippen LogP contribution < -0.4 is 14.2 Å². The Morgan fingerprint density at radius 2 is 1.74 bits per heavy atom. The van der Waals surface area contributed by atoms with E-state index in [4.69, 9.17) is 14.2 Å². The monoisotopic (exact) mass is 264 g/mol. The predicted octanol–water partition coefficient (Wildman–Crippen LogP) is 2.27. The van der Waals surface area contributed by atoms with Crippen molar-refractivity contribution < 1.29 is 23.8 Å². The van der Waals surface area contributed by atoms with Crippen molar-refractivity contribution in [3.05, 3.63) is 30.4 Å². The number of hydrogen-bond acceptors (Lipinski definition) is 5. The molecule has 0 saturated heterocycles. The van der Waals surface area contributed by atoms with Crippen molar-refractivity contribution in [2.45, 2.75) is 20.3 Å². The van der Waals surface area contributed by atoms with Crippen LogP contribution in [0.25, 0.3) is 0 Å². The van der Waals surface area contributed by atoms with E-state index in [0.717, 1.165) is 5.56 Å². The molecule has 0 aliphatic rings. The van der Waals surface area contributed by atoms with Gasteiger partial charge >= 0.3 is 11.9 Å². The molecule has 1 aromatic carbocycles. The Morgan fingerprint density at radius 1 is 1.16 bits per heavy atom. The van der Waals surface area contributed by atoms with Crippen molar-refractivity contribution in [1.29, 1.82) is 0 Å². The predicted molar refractivity (Wildman–Crippen MR) is 69.5 cm³/mol. The molecule has 0 unspecified atom stereocenters. The van der Waals surface area contributed by atoms with Crippen molar-refractivity contribution in [3.63, 3.8) is 0 Å². The minimum atomic E-state index is -0.525. The Labute approximate surface area is 111 Å². The van der Waals surface area contributed by atoms with Gasteiger partial charge in [-0.05, 0) is 24.1 Å². The molecule has 1 rings (SSSR count). The van der Waals surface area contributed by atoms with E-state index in [9.17, 15) is 9.59 Å². The van der Waals surface area contributed by atoms with Gasteiger partial charge in [-0.3, -0.25) is 9.59 Å². The Morgan fingerprint density at radius 3 is 2.21 bits per heavy atom. The van der Waals surface area contributed by atoms with Gasteiger partial charge in [-0.25, -0.2) is 0 Å². The number of methoxy groups -OCH3 is 1. The second-order valence-corrected chi connectivity index (χ2v) is 3.81. The number of benzene rings is 1. The third-order valence-corrected chi connectivity index (χ3v) is 2.18. The van der Waals surface area contributed by atoms with Gasteiger partial charge < -0.3 is 14.2 Å². The van der Waals surface area contributed by atoms with Gasteiger partial charge in [0.15, 0.2) is 11.5 Å². The number of esters is 2. The smallest absolute Gasteiger partial charge is 0.308 e. The molecule has 5 heteroatoms. The van der Waals surface area contributed by atoms with Gasteiger partial charge in [-0.15, -0.1) is 6.58 Å². The summed E-state index contributed by atoms with van der Waals surface area (Å²) in [6, 6.07) is 3.32. The van der Waals surface area contributed by atoms with Crippen LogP contribution in [0.1, 0.15) is 19.4 Å². The number of hydrogen-bond donors (Lipinski definition) is 0. The summed E-state index contributed by atoms with van der Waals surface area (Å²) in [5.41, 5.74) is 0.832. The first kappa shape index (κ1) is 14.8. The van der Waals surface area contributed by atoms with Crippen LogP contribution in [0.15, 0.2) is 24.8 Å². The van der Waals surface area contributed by atoms with E-state index in [1.165, 1.54) is 21.0 Å². The van der Waals surface area contributed by atoms with E-state index in [1.54, 1.807) is 18.2 Å². The largest absolute Gasteiger partial charge is 0.493 e. The van der Waals surface area contributed by atoms with Gasteiger partial charge in [0, 0.05) is 13.8 Å². The molecular weight excluding hydrogens is 248 g/mol. The summed E-state index contributed by atoms with van der Waals surface area (Å²) < 4.78 is 15.2. The molecule has 19 heavy (non-hydrogen) atoms. The van der Waals surface area contributed by atoms with Gasteiger partial charge in [-0.2, -0.15) is 0 Å². The molecule has 0 saturated carbocycles. The number of rotatable bonds is 5. The molecule has 0 radical (unpaired) electrons. The summed E-state index contributed by atoms with van der Waals surface area (Å²) in [4.78, 5) is 22.2. The van der Waals surface area contributed by atoms with Crippen LogP contribution in [-0.4, -0.2) is 19.0 Å².